The topological polar surface area (TPSA) is 47.6 Å². The summed E-state index contributed by atoms with van der Waals surface area (Å²) in [6.45, 7) is 7.82. The van der Waals surface area contributed by atoms with Crippen LogP contribution in [0.3, 0.4) is 0 Å². The minimum atomic E-state index is -0.0255. The normalized spacial score (nSPS) is 11.0. The van der Waals surface area contributed by atoms with Crippen LogP contribution in [-0.2, 0) is 6.42 Å². The van der Waals surface area contributed by atoms with E-state index in [9.17, 15) is 4.79 Å². The van der Waals surface area contributed by atoms with E-state index < -0.39 is 0 Å². The molecule has 0 aromatic heterocycles. The number of hydrogen-bond donors (Lipinski definition) is 1. The lowest BCUT2D eigenvalue weighted by Gasteiger charge is -2.16. The molecular formula is C27H37NO3. The zero-order valence-electron chi connectivity index (χ0n) is 19.5. The summed E-state index contributed by atoms with van der Waals surface area (Å²) in [6, 6.07) is 11.6. The van der Waals surface area contributed by atoms with Crippen LogP contribution >= 0.6 is 0 Å². The molecule has 4 nitrogen and oxygen atoms in total. The van der Waals surface area contributed by atoms with Gasteiger partial charge in [-0.1, -0.05) is 40.0 Å². The smallest absolute Gasteiger partial charge is 0.185 e. The minimum Gasteiger partial charge on any atom is -0.493 e. The van der Waals surface area contributed by atoms with Gasteiger partial charge in [0, 0.05) is 29.9 Å². The van der Waals surface area contributed by atoms with Crippen molar-refractivity contribution in [3.8, 4) is 11.5 Å². The second-order valence-corrected chi connectivity index (χ2v) is 7.68. The van der Waals surface area contributed by atoms with E-state index in [2.05, 4.69) is 32.2 Å². The lowest BCUT2D eigenvalue weighted by atomic mass is 10.0. The molecule has 0 spiro atoms. The second kappa shape index (κ2) is 13.5. The van der Waals surface area contributed by atoms with Crippen LogP contribution in [0.2, 0.25) is 0 Å². The average molecular weight is 424 g/mol. The third kappa shape index (κ3) is 7.78. The molecule has 0 heterocycles. The number of unbranched alkanes of at least 4 members (excludes halogenated alkanes) is 2. The van der Waals surface area contributed by atoms with E-state index in [1.54, 1.807) is 6.08 Å². The highest BCUT2D eigenvalue weighted by Gasteiger charge is 2.12. The van der Waals surface area contributed by atoms with Crippen molar-refractivity contribution in [1.82, 2.24) is 0 Å². The molecule has 168 valence electrons. The van der Waals surface area contributed by atoms with Crippen LogP contribution in [0.15, 0.2) is 42.5 Å². The van der Waals surface area contributed by atoms with E-state index in [4.69, 9.17) is 9.47 Å². The summed E-state index contributed by atoms with van der Waals surface area (Å²) >= 11 is 0. The highest BCUT2D eigenvalue weighted by Crippen LogP contribution is 2.32. The van der Waals surface area contributed by atoms with E-state index in [1.807, 2.05) is 43.5 Å². The fraction of sp³-hybridized carbons (Fsp3) is 0.444. The van der Waals surface area contributed by atoms with Crippen LogP contribution in [-0.4, -0.2) is 26.0 Å². The lowest BCUT2D eigenvalue weighted by Crippen LogP contribution is -2.04. The molecule has 0 amide bonds. The molecule has 2 rings (SSSR count). The van der Waals surface area contributed by atoms with Gasteiger partial charge in [-0.3, -0.25) is 4.79 Å². The number of anilines is 1. The van der Waals surface area contributed by atoms with Crippen molar-refractivity contribution in [1.29, 1.82) is 0 Å². The Kier molecular flexibility index (Phi) is 10.7. The number of ketones is 1. The molecule has 0 atom stereocenters. The molecule has 0 aliphatic heterocycles. The Labute approximate surface area is 187 Å². The van der Waals surface area contributed by atoms with Crippen molar-refractivity contribution < 1.29 is 14.3 Å². The van der Waals surface area contributed by atoms with Gasteiger partial charge in [0.05, 0.1) is 13.2 Å². The zero-order chi connectivity index (χ0) is 22.5. The fourth-order valence-electron chi connectivity index (χ4n) is 3.20. The average Bonchev–Trinajstić information content (AvgIpc) is 2.79. The van der Waals surface area contributed by atoms with Crippen LogP contribution < -0.4 is 14.8 Å². The standard InChI is InChI=1S/C27H37NO3/c1-5-8-17-30-26-20-27(31-18-9-6-2)23(19-22(26)10-7-3)13-16-25(29)21-11-14-24(28-4)15-12-21/h11-16,19-20,28H,5-10,17-18H2,1-4H3/b16-13+. The van der Waals surface area contributed by atoms with Crippen molar-refractivity contribution in [2.75, 3.05) is 25.6 Å². The highest BCUT2D eigenvalue weighted by atomic mass is 16.5. The first kappa shape index (κ1) is 24.5. The summed E-state index contributed by atoms with van der Waals surface area (Å²) in [5.41, 5.74) is 3.72. The molecular weight excluding hydrogens is 386 g/mol. The van der Waals surface area contributed by atoms with Gasteiger partial charge in [0.1, 0.15) is 11.5 Å². The molecule has 2 aromatic carbocycles. The van der Waals surface area contributed by atoms with Crippen LogP contribution in [0.4, 0.5) is 5.69 Å². The SMILES string of the molecule is CCCCOc1cc(OCCCC)c(CCC)cc1/C=C/C(=O)c1ccc(NC)cc1. The Balaban J connectivity index is 2.30. The molecule has 2 aromatic rings. The van der Waals surface area contributed by atoms with Crippen LogP contribution in [0.1, 0.15) is 74.4 Å². The first-order chi connectivity index (χ1) is 15.1. The molecule has 0 saturated heterocycles. The zero-order valence-corrected chi connectivity index (χ0v) is 19.5. The Hall–Kier alpha value is -2.75. The van der Waals surface area contributed by atoms with Crippen molar-refractivity contribution in [2.24, 2.45) is 0 Å². The monoisotopic (exact) mass is 423 g/mol. The van der Waals surface area contributed by atoms with E-state index in [-0.39, 0.29) is 5.78 Å². The van der Waals surface area contributed by atoms with Gasteiger partial charge < -0.3 is 14.8 Å². The summed E-state index contributed by atoms with van der Waals surface area (Å²) < 4.78 is 12.1. The van der Waals surface area contributed by atoms with Crippen molar-refractivity contribution in [3.05, 3.63) is 59.2 Å². The molecule has 0 bridgehead atoms. The molecule has 0 radical (unpaired) electrons. The van der Waals surface area contributed by atoms with Gasteiger partial charge in [-0.15, -0.1) is 0 Å². The molecule has 0 aliphatic carbocycles. The van der Waals surface area contributed by atoms with Gasteiger partial charge in [0.25, 0.3) is 0 Å². The first-order valence-electron chi connectivity index (χ1n) is 11.6. The number of ether oxygens (including phenoxy) is 2. The number of carbonyl (C=O) groups is 1. The largest absolute Gasteiger partial charge is 0.493 e. The van der Waals surface area contributed by atoms with E-state index in [0.717, 1.165) is 66.8 Å². The summed E-state index contributed by atoms with van der Waals surface area (Å²) in [5.74, 6) is 1.64. The van der Waals surface area contributed by atoms with Crippen molar-refractivity contribution >= 4 is 17.5 Å². The number of aryl methyl sites for hydroxylation is 1. The maximum absolute atomic E-state index is 12.7. The van der Waals surface area contributed by atoms with Crippen molar-refractivity contribution in [2.45, 2.75) is 59.3 Å². The van der Waals surface area contributed by atoms with Gasteiger partial charge in [-0.25, -0.2) is 0 Å². The van der Waals surface area contributed by atoms with Crippen molar-refractivity contribution in [3.63, 3.8) is 0 Å². The van der Waals surface area contributed by atoms with Gasteiger partial charge in [0.15, 0.2) is 5.78 Å². The molecule has 31 heavy (non-hydrogen) atoms. The molecule has 0 fully saturated rings. The predicted octanol–water partition coefficient (Wildman–Crippen LogP) is 6.93. The third-order valence-corrected chi connectivity index (χ3v) is 5.10. The number of rotatable bonds is 14. The quantitative estimate of drug-likeness (QED) is 0.203. The minimum absolute atomic E-state index is 0.0255. The van der Waals surface area contributed by atoms with Gasteiger partial charge in [-0.05, 0) is 67.3 Å². The summed E-state index contributed by atoms with van der Waals surface area (Å²) in [7, 11) is 1.86. The summed E-state index contributed by atoms with van der Waals surface area (Å²) in [4.78, 5) is 12.7. The molecule has 4 heteroatoms. The maximum atomic E-state index is 12.7. The molecule has 1 N–H and O–H groups in total. The number of benzene rings is 2. The van der Waals surface area contributed by atoms with Crippen LogP contribution in [0, 0.1) is 0 Å². The Morgan fingerprint density at radius 3 is 2.13 bits per heavy atom. The number of hydrogen-bond acceptors (Lipinski definition) is 4. The highest BCUT2D eigenvalue weighted by molar-refractivity contribution is 6.07. The fourth-order valence-corrected chi connectivity index (χ4v) is 3.20. The number of carbonyl (C=O) groups excluding carboxylic acids is 1. The summed E-state index contributed by atoms with van der Waals surface area (Å²) in [6.07, 6.45) is 9.63. The first-order valence-corrected chi connectivity index (χ1v) is 11.6. The second-order valence-electron chi connectivity index (χ2n) is 7.68. The van der Waals surface area contributed by atoms with Gasteiger partial charge >= 0.3 is 0 Å². The van der Waals surface area contributed by atoms with Crippen LogP contribution in [0.5, 0.6) is 11.5 Å². The molecule has 0 aliphatic rings. The molecule has 0 unspecified atom stereocenters. The Morgan fingerprint density at radius 1 is 0.903 bits per heavy atom. The van der Waals surface area contributed by atoms with Gasteiger partial charge in [0.2, 0.25) is 0 Å². The number of nitrogens with one attached hydrogen (secondary N) is 1. The van der Waals surface area contributed by atoms with E-state index >= 15 is 0 Å². The van der Waals surface area contributed by atoms with Crippen LogP contribution in [0.25, 0.3) is 6.08 Å². The molecule has 0 saturated carbocycles. The summed E-state index contributed by atoms with van der Waals surface area (Å²) in [5, 5.41) is 3.07. The lowest BCUT2D eigenvalue weighted by molar-refractivity contribution is 0.104. The Bertz CT molecular complexity index is 840. The number of allylic oxidation sites excluding steroid dienone is 1. The predicted molar refractivity (Wildman–Crippen MR) is 131 cm³/mol. The third-order valence-electron chi connectivity index (χ3n) is 5.10. The van der Waals surface area contributed by atoms with Gasteiger partial charge in [-0.2, -0.15) is 0 Å². The van der Waals surface area contributed by atoms with E-state index in [1.165, 1.54) is 0 Å². The Morgan fingerprint density at radius 2 is 1.55 bits per heavy atom. The maximum Gasteiger partial charge on any atom is 0.185 e. The van der Waals surface area contributed by atoms with E-state index in [0.29, 0.717) is 18.8 Å².